The van der Waals surface area contributed by atoms with Gasteiger partial charge in [0.15, 0.2) is 0 Å². The Kier molecular flexibility index (Phi) is 9.52. The predicted molar refractivity (Wildman–Crippen MR) is 150 cm³/mol. The van der Waals surface area contributed by atoms with Gasteiger partial charge < -0.3 is 35.9 Å². The monoisotopic (exact) mass is 586 g/mol. The van der Waals surface area contributed by atoms with Gasteiger partial charge in [0.2, 0.25) is 12.1 Å². The maximum atomic E-state index is 12.9. The van der Waals surface area contributed by atoms with Crippen LogP contribution in [0.3, 0.4) is 0 Å². The Morgan fingerprint density at radius 3 is 2.68 bits per heavy atom. The van der Waals surface area contributed by atoms with Crippen LogP contribution >= 0.6 is 11.8 Å². The summed E-state index contributed by atoms with van der Waals surface area (Å²) in [5, 5.41) is 28.4. The van der Waals surface area contributed by atoms with Crippen molar-refractivity contribution in [3.63, 3.8) is 0 Å². The summed E-state index contributed by atoms with van der Waals surface area (Å²) in [6.45, 7) is 0. The number of hydrogen-bond acceptors (Lipinski definition) is 8. The number of urea groups is 1. The summed E-state index contributed by atoms with van der Waals surface area (Å²) in [5.41, 5.74) is 0.207. The summed E-state index contributed by atoms with van der Waals surface area (Å²) in [4.78, 5) is 66.1. The number of nitrogens with one attached hydrogen (secondary N) is 5. The SMILES string of the molecule is CSCCC(NC(=O)NC(Cc1c[nH]c2ccccc12)C(=O)O)C(=O)NC=C1CC(O)C(n2ccc(=O)[nH]c2=O)O1. The lowest BCUT2D eigenvalue weighted by molar-refractivity contribution is -0.139. The van der Waals surface area contributed by atoms with Gasteiger partial charge >= 0.3 is 17.7 Å². The van der Waals surface area contributed by atoms with Crippen molar-refractivity contribution in [3.05, 3.63) is 81.1 Å². The molecule has 15 heteroatoms. The molecule has 2 aromatic heterocycles. The highest BCUT2D eigenvalue weighted by atomic mass is 32.2. The molecule has 3 amide bonds. The van der Waals surface area contributed by atoms with Crippen LogP contribution < -0.4 is 27.2 Å². The first-order valence-corrected chi connectivity index (χ1v) is 14.0. The summed E-state index contributed by atoms with van der Waals surface area (Å²) in [5.74, 6) is -1.12. The first-order chi connectivity index (χ1) is 19.7. The number of aromatic nitrogens is 3. The van der Waals surface area contributed by atoms with Gasteiger partial charge in [0, 0.05) is 48.4 Å². The number of rotatable bonds is 11. The van der Waals surface area contributed by atoms with Crippen LogP contribution in [0, 0.1) is 0 Å². The number of carbonyl (C=O) groups excluding carboxylic acids is 2. The van der Waals surface area contributed by atoms with Gasteiger partial charge in [-0.15, -0.1) is 0 Å². The molecule has 3 aromatic rings. The second kappa shape index (κ2) is 13.2. The molecule has 0 bridgehead atoms. The molecule has 0 saturated carbocycles. The van der Waals surface area contributed by atoms with E-state index < -0.39 is 53.6 Å². The zero-order valence-corrected chi connectivity index (χ0v) is 22.8. The highest BCUT2D eigenvalue weighted by Gasteiger charge is 2.33. The van der Waals surface area contributed by atoms with Crippen molar-refractivity contribution < 1.29 is 29.3 Å². The minimum absolute atomic E-state index is 0.0198. The zero-order valence-electron chi connectivity index (χ0n) is 22.0. The first-order valence-electron chi connectivity index (χ1n) is 12.7. The molecule has 41 heavy (non-hydrogen) atoms. The summed E-state index contributed by atoms with van der Waals surface area (Å²) in [6.07, 6.45) is 3.99. The average molecular weight is 587 g/mol. The van der Waals surface area contributed by atoms with Gasteiger partial charge in [-0.1, -0.05) is 18.2 Å². The molecule has 0 radical (unpaired) electrons. The third-order valence-electron chi connectivity index (χ3n) is 6.45. The number of carbonyl (C=O) groups is 3. The van der Waals surface area contributed by atoms with Crippen molar-refractivity contribution in [3.8, 4) is 0 Å². The van der Waals surface area contributed by atoms with Crippen LogP contribution in [-0.4, -0.2) is 72.9 Å². The number of thioether (sulfide) groups is 1. The van der Waals surface area contributed by atoms with Gasteiger partial charge in [0.1, 0.15) is 23.9 Å². The van der Waals surface area contributed by atoms with Crippen LogP contribution in [0.1, 0.15) is 24.6 Å². The average Bonchev–Trinajstić information content (AvgIpc) is 3.52. The lowest BCUT2D eigenvalue weighted by Crippen LogP contribution is -2.53. The van der Waals surface area contributed by atoms with Crippen LogP contribution in [0.15, 0.2) is 64.3 Å². The van der Waals surface area contributed by atoms with Crippen molar-refractivity contribution in [2.45, 2.75) is 43.7 Å². The first kappa shape index (κ1) is 29.5. The topological polar surface area (TPSA) is 208 Å². The van der Waals surface area contributed by atoms with Gasteiger partial charge in [0.05, 0.1) is 0 Å². The number of aromatic amines is 2. The Morgan fingerprint density at radius 1 is 1.20 bits per heavy atom. The molecule has 1 aliphatic rings. The summed E-state index contributed by atoms with van der Waals surface area (Å²) in [6, 6.07) is 5.44. The summed E-state index contributed by atoms with van der Waals surface area (Å²) < 4.78 is 6.62. The maximum absolute atomic E-state index is 12.9. The zero-order chi connectivity index (χ0) is 29.5. The molecule has 4 unspecified atom stereocenters. The predicted octanol–water partition coefficient (Wildman–Crippen LogP) is 0.372. The van der Waals surface area contributed by atoms with Gasteiger partial charge in [-0.25, -0.2) is 14.4 Å². The van der Waals surface area contributed by atoms with E-state index in [-0.39, 0.29) is 25.0 Å². The van der Waals surface area contributed by atoms with E-state index in [1.807, 2.05) is 30.5 Å². The van der Waals surface area contributed by atoms with Crippen LogP contribution in [0.5, 0.6) is 0 Å². The molecule has 0 spiro atoms. The Hall–Kier alpha value is -4.50. The maximum Gasteiger partial charge on any atom is 0.331 e. The molecule has 4 atom stereocenters. The van der Waals surface area contributed by atoms with E-state index in [2.05, 4.69) is 25.9 Å². The molecule has 1 aliphatic heterocycles. The molecule has 218 valence electrons. The second-order valence-electron chi connectivity index (χ2n) is 9.32. The van der Waals surface area contributed by atoms with E-state index in [1.54, 1.807) is 6.20 Å². The number of aliphatic hydroxyl groups is 1. The summed E-state index contributed by atoms with van der Waals surface area (Å²) in [7, 11) is 0. The molecule has 0 aliphatic carbocycles. The minimum atomic E-state index is -1.25. The lowest BCUT2D eigenvalue weighted by Gasteiger charge is -2.20. The number of para-hydroxylation sites is 1. The van der Waals surface area contributed by atoms with E-state index >= 15 is 0 Å². The van der Waals surface area contributed by atoms with E-state index in [9.17, 15) is 34.2 Å². The lowest BCUT2D eigenvalue weighted by atomic mass is 10.1. The fourth-order valence-corrected chi connectivity index (χ4v) is 4.86. The van der Waals surface area contributed by atoms with Crippen molar-refractivity contribution in [2.24, 2.45) is 0 Å². The van der Waals surface area contributed by atoms with Crippen molar-refractivity contribution in [2.75, 3.05) is 12.0 Å². The van der Waals surface area contributed by atoms with Crippen molar-refractivity contribution >= 4 is 40.6 Å². The Morgan fingerprint density at radius 2 is 1.95 bits per heavy atom. The van der Waals surface area contributed by atoms with E-state index in [1.165, 1.54) is 24.2 Å². The van der Waals surface area contributed by atoms with Gasteiger partial charge in [-0.2, -0.15) is 11.8 Å². The molecule has 7 N–H and O–H groups in total. The van der Waals surface area contributed by atoms with E-state index in [0.29, 0.717) is 5.75 Å². The largest absolute Gasteiger partial charge is 0.480 e. The Balaban J connectivity index is 1.38. The molecule has 1 fully saturated rings. The van der Waals surface area contributed by atoms with Gasteiger partial charge in [-0.3, -0.25) is 19.1 Å². The number of fused-ring (bicyclic) bond motifs is 1. The molecular formula is C26H30N6O8S. The van der Waals surface area contributed by atoms with Crippen LogP contribution in [0.4, 0.5) is 4.79 Å². The second-order valence-corrected chi connectivity index (χ2v) is 10.3. The van der Waals surface area contributed by atoms with Crippen LogP contribution in [0.25, 0.3) is 10.9 Å². The fourth-order valence-electron chi connectivity index (χ4n) is 4.39. The quantitative estimate of drug-likeness (QED) is 0.165. The number of H-pyrrole nitrogens is 2. The van der Waals surface area contributed by atoms with Gasteiger partial charge in [-0.05, 0) is 30.1 Å². The summed E-state index contributed by atoms with van der Waals surface area (Å²) >= 11 is 1.46. The molecule has 14 nitrogen and oxygen atoms in total. The third-order valence-corrected chi connectivity index (χ3v) is 7.09. The molecular weight excluding hydrogens is 556 g/mol. The third kappa shape index (κ3) is 7.37. The van der Waals surface area contributed by atoms with E-state index in [4.69, 9.17) is 4.74 Å². The molecule has 4 rings (SSSR count). The molecule has 1 saturated heterocycles. The number of carboxylic acids is 1. The highest BCUT2D eigenvalue weighted by Crippen LogP contribution is 2.29. The molecule has 3 heterocycles. The highest BCUT2D eigenvalue weighted by molar-refractivity contribution is 7.98. The standard InChI is InChI=1S/C26H30N6O8S/c1-41-9-7-18(22(35)28-13-15-11-20(33)23(40-15)32-8-6-21(34)31-26(32)39)29-25(38)30-19(24(36)37)10-14-12-27-17-5-3-2-4-16(14)17/h2-6,8,12-13,18-20,23,27,33H,7,9-11H2,1H3,(H,28,35)(H,36,37)(H2,29,30,38)(H,31,34,39). The van der Waals surface area contributed by atoms with Crippen LogP contribution in [-0.2, 0) is 20.7 Å². The molecule has 1 aromatic carbocycles. The smallest absolute Gasteiger partial charge is 0.331 e. The number of amides is 3. The minimum Gasteiger partial charge on any atom is -0.480 e. The van der Waals surface area contributed by atoms with Crippen molar-refractivity contribution in [1.82, 2.24) is 30.5 Å². The number of hydrogen-bond donors (Lipinski definition) is 7. The van der Waals surface area contributed by atoms with Crippen molar-refractivity contribution in [1.29, 1.82) is 0 Å². The van der Waals surface area contributed by atoms with E-state index in [0.717, 1.165) is 27.1 Å². The number of aliphatic hydroxyl groups excluding tert-OH is 1. The normalized spacial score (nSPS) is 18.9. The number of carboxylic acid groups (broad SMARTS) is 1. The number of ether oxygens (including phenoxy) is 1. The number of benzene rings is 1. The van der Waals surface area contributed by atoms with Gasteiger partial charge in [0.25, 0.3) is 5.56 Å². The fraction of sp³-hybridized carbons (Fsp3) is 0.346. The Bertz CT molecular complexity index is 1560. The number of aliphatic carboxylic acids is 1. The van der Waals surface area contributed by atoms with Crippen LogP contribution in [0.2, 0.25) is 0 Å². The Labute approximate surface area is 237 Å². The number of nitrogens with zero attached hydrogens (tertiary/aromatic N) is 1.